The summed E-state index contributed by atoms with van der Waals surface area (Å²) in [6.07, 6.45) is 1.92. The van der Waals surface area contributed by atoms with E-state index in [-0.39, 0.29) is 0 Å². The molecule has 0 radical (unpaired) electrons. The average molecular weight is 156 g/mol. The van der Waals surface area contributed by atoms with Gasteiger partial charge >= 0.3 is 0 Å². The highest BCUT2D eigenvalue weighted by Crippen LogP contribution is 2.03. The smallest absolute Gasteiger partial charge is 0.0196 e. The van der Waals surface area contributed by atoms with Crippen LogP contribution >= 0.6 is 0 Å². The second-order valence-electron chi connectivity index (χ2n) is 3.16. The van der Waals surface area contributed by atoms with Crippen LogP contribution in [0.5, 0.6) is 0 Å². The molecule has 1 atom stereocenters. The molecule has 1 unspecified atom stereocenters. The van der Waals surface area contributed by atoms with E-state index in [4.69, 9.17) is 5.73 Å². The summed E-state index contributed by atoms with van der Waals surface area (Å²) < 4.78 is 0. The van der Waals surface area contributed by atoms with E-state index in [0.717, 1.165) is 6.54 Å². The molecule has 0 fully saturated rings. The van der Waals surface area contributed by atoms with Gasteiger partial charge in [0.25, 0.3) is 0 Å². The molecule has 0 saturated carbocycles. The quantitative estimate of drug-likeness (QED) is 0.607. The molecule has 0 amide bonds. The Labute approximate surface area is 70.1 Å². The van der Waals surface area contributed by atoms with Crippen LogP contribution in [-0.2, 0) is 0 Å². The van der Waals surface area contributed by atoms with E-state index in [1.165, 1.54) is 0 Å². The van der Waals surface area contributed by atoms with E-state index in [9.17, 15) is 0 Å². The van der Waals surface area contributed by atoms with Gasteiger partial charge in [-0.1, -0.05) is 6.08 Å². The second-order valence-corrected chi connectivity index (χ2v) is 3.16. The first-order valence-electron chi connectivity index (χ1n) is 4.20. The number of hydrogen-bond donors (Lipinski definition) is 1. The topological polar surface area (TPSA) is 29.3 Å². The molecule has 2 nitrogen and oxygen atoms in total. The molecular weight excluding hydrogens is 136 g/mol. The van der Waals surface area contributed by atoms with Gasteiger partial charge in [-0.3, -0.25) is 4.90 Å². The average Bonchev–Trinajstić information content (AvgIpc) is 1.98. The predicted octanol–water partition coefficient (Wildman–Crippen LogP) is 1.23. The maximum absolute atomic E-state index is 5.57. The maximum Gasteiger partial charge on any atom is 0.0196 e. The Hall–Kier alpha value is -0.340. The van der Waals surface area contributed by atoms with Crippen molar-refractivity contribution in [3.8, 4) is 0 Å². The van der Waals surface area contributed by atoms with Gasteiger partial charge in [0.15, 0.2) is 0 Å². The molecule has 2 heteroatoms. The molecule has 0 saturated heterocycles. The van der Waals surface area contributed by atoms with Crippen molar-refractivity contribution in [3.63, 3.8) is 0 Å². The first-order valence-corrected chi connectivity index (χ1v) is 4.20. The van der Waals surface area contributed by atoms with Crippen molar-refractivity contribution in [2.24, 2.45) is 5.73 Å². The third-order valence-corrected chi connectivity index (χ3v) is 1.91. The fraction of sp³-hybridized carbons (Fsp3) is 0.778. The van der Waals surface area contributed by atoms with Crippen LogP contribution in [0.25, 0.3) is 0 Å². The molecule has 0 aromatic carbocycles. The Morgan fingerprint density at radius 2 is 2.00 bits per heavy atom. The molecule has 0 bridgehead atoms. The molecule has 0 spiro atoms. The number of hydrogen-bond acceptors (Lipinski definition) is 2. The predicted molar refractivity (Wildman–Crippen MR) is 50.6 cm³/mol. The molecule has 2 N–H and O–H groups in total. The minimum Gasteiger partial charge on any atom is -0.329 e. The summed E-state index contributed by atoms with van der Waals surface area (Å²) in [6, 6.07) is 1.000. The van der Waals surface area contributed by atoms with E-state index in [0.29, 0.717) is 18.6 Å². The van der Waals surface area contributed by atoms with Crippen molar-refractivity contribution >= 4 is 0 Å². The fourth-order valence-electron chi connectivity index (χ4n) is 1.18. The van der Waals surface area contributed by atoms with E-state index >= 15 is 0 Å². The molecule has 11 heavy (non-hydrogen) atoms. The first-order chi connectivity index (χ1) is 5.13. The Bertz CT molecular complexity index is 110. The van der Waals surface area contributed by atoms with Gasteiger partial charge in [-0.25, -0.2) is 0 Å². The van der Waals surface area contributed by atoms with E-state index in [1.807, 2.05) is 6.08 Å². The van der Waals surface area contributed by atoms with Crippen molar-refractivity contribution < 1.29 is 0 Å². The number of nitrogens with two attached hydrogens (primary N) is 1. The fourth-order valence-corrected chi connectivity index (χ4v) is 1.18. The molecular formula is C9H20N2. The zero-order valence-corrected chi connectivity index (χ0v) is 7.88. The number of nitrogens with zero attached hydrogens (tertiary/aromatic N) is 1. The minimum absolute atomic E-state index is 0.452. The van der Waals surface area contributed by atoms with E-state index in [2.05, 4.69) is 32.3 Å². The summed E-state index contributed by atoms with van der Waals surface area (Å²) >= 11 is 0. The lowest BCUT2D eigenvalue weighted by atomic mass is 10.2. The standard InChI is InChI=1S/C9H20N2/c1-5-6-11(8(2)3)9(4)7-10/h5,8-9H,1,6-7,10H2,2-4H3. The van der Waals surface area contributed by atoms with Gasteiger partial charge < -0.3 is 5.73 Å². The third-order valence-electron chi connectivity index (χ3n) is 1.91. The molecule has 0 heterocycles. The third kappa shape index (κ3) is 3.54. The molecule has 0 aromatic rings. The van der Waals surface area contributed by atoms with E-state index in [1.54, 1.807) is 0 Å². The van der Waals surface area contributed by atoms with Crippen LogP contribution < -0.4 is 5.73 Å². The van der Waals surface area contributed by atoms with Crippen LogP contribution in [0, 0.1) is 0 Å². The summed E-state index contributed by atoms with van der Waals surface area (Å²) in [6.45, 7) is 11.9. The Kier molecular flexibility index (Phi) is 5.16. The normalized spacial score (nSPS) is 14.0. The monoisotopic (exact) mass is 156 g/mol. The highest BCUT2D eigenvalue weighted by Gasteiger charge is 2.13. The second kappa shape index (κ2) is 5.33. The largest absolute Gasteiger partial charge is 0.329 e. The van der Waals surface area contributed by atoms with Crippen LogP contribution in [0.15, 0.2) is 12.7 Å². The minimum atomic E-state index is 0.452. The molecule has 0 aliphatic carbocycles. The Morgan fingerprint density at radius 3 is 2.27 bits per heavy atom. The SMILES string of the molecule is C=CCN(C(C)C)C(C)CN. The summed E-state index contributed by atoms with van der Waals surface area (Å²) in [5.41, 5.74) is 5.57. The summed E-state index contributed by atoms with van der Waals surface area (Å²) in [7, 11) is 0. The molecule has 0 aromatic heterocycles. The van der Waals surface area contributed by atoms with Crippen LogP contribution in [-0.4, -0.2) is 30.1 Å². The molecule has 0 aliphatic rings. The van der Waals surface area contributed by atoms with Crippen LogP contribution in [0.3, 0.4) is 0 Å². The summed E-state index contributed by atoms with van der Waals surface area (Å²) in [5, 5.41) is 0. The van der Waals surface area contributed by atoms with Crippen molar-refractivity contribution in [1.29, 1.82) is 0 Å². The highest BCUT2D eigenvalue weighted by atomic mass is 15.2. The van der Waals surface area contributed by atoms with Crippen molar-refractivity contribution in [2.45, 2.75) is 32.9 Å². The number of rotatable bonds is 5. The summed E-state index contributed by atoms with van der Waals surface area (Å²) in [5.74, 6) is 0. The Balaban J connectivity index is 3.96. The Morgan fingerprint density at radius 1 is 1.45 bits per heavy atom. The molecule has 0 aliphatic heterocycles. The van der Waals surface area contributed by atoms with Gasteiger partial charge in [0.2, 0.25) is 0 Å². The summed E-state index contributed by atoms with van der Waals surface area (Å²) in [4.78, 5) is 2.33. The zero-order valence-electron chi connectivity index (χ0n) is 7.88. The van der Waals surface area contributed by atoms with Gasteiger partial charge in [-0.05, 0) is 20.8 Å². The van der Waals surface area contributed by atoms with Gasteiger partial charge in [-0.2, -0.15) is 0 Å². The van der Waals surface area contributed by atoms with Gasteiger partial charge in [-0.15, -0.1) is 6.58 Å². The highest BCUT2D eigenvalue weighted by molar-refractivity contribution is 4.79. The first kappa shape index (κ1) is 10.7. The molecule has 66 valence electrons. The van der Waals surface area contributed by atoms with Gasteiger partial charge in [0.1, 0.15) is 0 Å². The van der Waals surface area contributed by atoms with Crippen molar-refractivity contribution in [1.82, 2.24) is 4.90 Å². The molecule has 0 rings (SSSR count). The van der Waals surface area contributed by atoms with Crippen LogP contribution in [0.2, 0.25) is 0 Å². The van der Waals surface area contributed by atoms with Crippen LogP contribution in [0.1, 0.15) is 20.8 Å². The van der Waals surface area contributed by atoms with Crippen molar-refractivity contribution in [3.05, 3.63) is 12.7 Å². The van der Waals surface area contributed by atoms with Gasteiger partial charge in [0, 0.05) is 25.2 Å². The lowest BCUT2D eigenvalue weighted by Crippen LogP contribution is -2.42. The maximum atomic E-state index is 5.57. The zero-order chi connectivity index (χ0) is 8.85. The van der Waals surface area contributed by atoms with Crippen LogP contribution in [0.4, 0.5) is 0 Å². The lowest BCUT2D eigenvalue weighted by molar-refractivity contribution is 0.188. The van der Waals surface area contributed by atoms with E-state index < -0.39 is 0 Å². The van der Waals surface area contributed by atoms with Gasteiger partial charge in [0.05, 0.1) is 0 Å². The lowest BCUT2D eigenvalue weighted by Gasteiger charge is -2.30. The van der Waals surface area contributed by atoms with Crippen molar-refractivity contribution in [2.75, 3.05) is 13.1 Å².